The molecule has 6 rings (SSSR count). The largest absolute Gasteiger partial charge is 0.455 e. The minimum atomic E-state index is -2.56. The Morgan fingerprint density at radius 3 is 1.96 bits per heavy atom. The summed E-state index contributed by atoms with van der Waals surface area (Å²) in [4.78, 5) is 142. The third-order valence-corrected chi connectivity index (χ3v) is 19.4. The summed E-state index contributed by atoms with van der Waals surface area (Å²) in [5.41, 5.74) is -10.4. The van der Waals surface area contributed by atoms with Crippen molar-refractivity contribution in [2.45, 2.75) is 219 Å². The van der Waals surface area contributed by atoms with Crippen molar-refractivity contribution in [3.63, 3.8) is 0 Å². The van der Waals surface area contributed by atoms with Gasteiger partial charge in [-0.15, -0.1) is 0 Å². The fourth-order valence-corrected chi connectivity index (χ4v) is 13.6. The van der Waals surface area contributed by atoms with E-state index >= 15 is 9.59 Å². The molecule has 2 saturated carbocycles. The zero-order chi connectivity index (χ0) is 71.1. The van der Waals surface area contributed by atoms with Crippen molar-refractivity contribution in [3.05, 3.63) is 82.9 Å². The lowest BCUT2D eigenvalue weighted by molar-refractivity contribution is -0.346. The molecule has 0 radical (unpaired) electrons. The molecule has 4 amide bonds. The highest BCUT2D eigenvalue weighted by atomic mass is 16.6. The van der Waals surface area contributed by atoms with Gasteiger partial charge < -0.3 is 79.2 Å². The van der Waals surface area contributed by atoms with Crippen LogP contribution >= 0.6 is 0 Å². The second-order valence-electron chi connectivity index (χ2n) is 27.3. The number of alkyl carbamates (subject to hydrolysis) is 1. The van der Waals surface area contributed by atoms with Gasteiger partial charge in [0, 0.05) is 64.0 Å². The third-order valence-electron chi connectivity index (χ3n) is 19.4. The van der Waals surface area contributed by atoms with Gasteiger partial charge in [0.25, 0.3) is 0 Å². The van der Waals surface area contributed by atoms with Gasteiger partial charge in [0.2, 0.25) is 23.8 Å². The normalized spacial score (nSPS) is 25.6. The number of ether oxygens (including phenoxy) is 9. The third kappa shape index (κ3) is 18.1. The Labute approximate surface area is 561 Å². The number of ketones is 2. The van der Waals surface area contributed by atoms with E-state index in [2.05, 4.69) is 21.3 Å². The number of aliphatic hydroxyl groups excluding tert-OH is 2. The first-order valence-corrected chi connectivity index (χ1v) is 33.0. The average Bonchev–Trinajstić information content (AvgIpc) is 0.671. The zero-order valence-electron chi connectivity index (χ0n) is 57.7. The second-order valence-corrected chi connectivity index (χ2v) is 27.3. The van der Waals surface area contributed by atoms with Crippen LogP contribution < -0.4 is 21.3 Å². The van der Waals surface area contributed by atoms with Gasteiger partial charge >= 0.3 is 30.0 Å². The fourth-order valence-electron chi connectivity index (χ4n) is 13.6. The van der Waals surface area contributed by atoms with E-state index in [1.165, 1.54) is 52.0 Å². The lowest BCUT2D eigenvalue weighted by Crippen LogP contribution is -2.81. The number of nitrogens with one attached hydrogen (secondary N) is 4. The number of benzene rings is 2. The smallest absolute Gasteiger partial charge is 0.408 e. The van der Waals surface area contributed by atoms with Crippen LogP contribution in [0.5, 0.6) is 0 Å². The Kier molecular flexibility index (Phi) is 27.0. The van der Waals surface area contributed by atoms with Crippen LogP contribution in [0.3, 0.4) is 0 Å². The second kappa shape index (κ2) is 33.4. The minimum absolute atomic E-state index is 0.00126. The van der Waals surface area contributed by atoms with Gasteiger partial charge in [-0.2, -0.15) is 0 Å². The number of carbonyl (C=O) groups excluding carboxylic acids is 10. The van der Waals surface area contributed by atoms with Crippen LogP contribution in [0.1, 0.15) is 169 Å². The number of fused-ring (bicyclic) bond motifs is 5. The van der Waals surface area contributed by atoms with Gasteiger partial charge in [-0.3, -0.25) is 28.8 Å². The Morgan fingerprint density at radius 2 is 1.38 bits per heavy atom. The van der Waals surface area contributed by atoms with Crippen LogP contribution in [0, 0.1) is 22.2 Å². The average molecular weight is 1350 g/mol. The van der Waals surface area contributed by atoms with Crippen molar-refractivity contribution in [1.82, 2.24) is 21.3 Å². The van der Waals surface area contributed by atoms with E-state index in [4.69, 9.17) is 42.6 Å². The van der Waals surface area contributed by atoms with Crippen molar-refractivity contribution in [1.29, 1.82) is 0 Å². The van der Waals surface area contributed by atoms with E-state index in [0.717, 1.165) is 13.8 Å². The lowest BCUT2D eigenvalue weighted by Gasteiger charge is -2.67. The fraction of sp³-hybridized carbons (Fsp3) is 0.657. The highest BCUT2D eigenvalue weighted by Crippen LogP contribution is 2.64. The number of hydrogen-bond donors (Lipinski definition) is 7. The van der Waals surface area contributed by atoms with Crippen LogP contribution in [0.4, 0.5) is 4.79 Å². The first kappa shape index (κ1) is 77.8. The molecule has 4 aliphatic rings. The number of hydrogen-bond acceptors (Lipinski definition) is 22. The summed E-state index contributed by atoms with van der Waals surface area (Å²) in [5.74, 6) is -9.13. The van der Waals surface area contributed by atoms with Gasteiger partial charge in [-0.25, -0.2) is 19.2 Å². The van der Waals surface area contributed by atoms with Crippen molar-refractivity contribution in [2.24, 2.45) is 22.2 Å². The van der Waals surface area contributed by atoms with Crippen LogP contribution in [-0.4, -0.2) is 193 Å². The number of amides is 4. The minimum Gasteiger partial charge on any atom is -0.455 e. The van der Waals surface area contributed by atoms with Gasteiger partial charge in [-0.1, -0.05) is 83.1 Å². The van der Waals surface area contributed by atoms with Gasteiger partial charge in [0.15, 0.2) is 17.2 Å². The maximum absolute atomic E-state index is 15.7. The molecule has 7 N–H and O–H groups in total. The summed E-state index contributed by atoms with van der Waals surface area (Å²) in [6.07, 6.45) is -11.8. The van der Waals surface area contributed by atoms with Gasteiger partial charge in [0.05, 0.1) is 68.7 Å². The van der Waals surface area contributed by atoms with Crippen molar-refractivity contribution >= 4 is 59.3 Å². The molecule has 2 aromatic rings. The molecule has 2 bridgehead atoms. The molecule has 532 valence electrons. The number of aliphatic hydroxyl groups is 3. The van der Waals surface area contributed by atoms with E-state index in [9.17, 15) is 53.7 Å². The maximum Gasteiger partial charge on any atom is 0.408 e. The predicted molar refractivity (Wildman–Crippen MR) is 345 cm³/mol. The van der Waals surface area contributed by atoms with Crippen molar-refractivity contribution in [3.8, 4) is 0 Å². The summed E-state index contributed by atoms with van der Waals surface area (Å²) in [7, 11) is 1.57. The number of Topliss-reactive ketones (excluding diaryl/α,β-unsaturated/α-hetero) is 2. The van der Waals surface area contributed by atoms with Crippen LogP contribution in [-0.2, 0) is 81.0 Å². The number of carbonyl (C=O) groups is 10. The van der Waals surface area contributed by atoms with Crippen LogP contribution in [0.15, 0.2) is 71.8 Å². The molecular weight excluding hydrogens is 1250 g/mol. The maximum atomic E-state index is 15.7. The van der Waals surface area contributed by atoms with Crippen molar-refractivity contribution < 1.29 is 106 Å². The van der Waals surface area contributed by atoms with Gasteiger partial charge in [-0.05, 0) is 102 Å². The molecule has 26 heteroatoms. The predicted octanol–water partition coefficient (Wildman–Crippen LogP) is 5.33. The Bertz CT molecular complexity index is 3110. The molecule has 0 spiro atoms. The summed E-state index contributed by atoms with van der Waals surface area (Å²) < 4.78 is 52.5. The summed E-state index contributed by atoms with van der Waals surface area (Å²) in [5, 5.41) is 49.6. The zero-order valence-corrected chi connectivity index (χ0v) is 57.7. The quantitative estimate of drug-likeness (QED) is 0.0205. The summed E-state index contributed by atoms with van der Waals surface area (Å²) in [6.45, 7) is 19.9. The molecule has 1 aliphatic heterocycles. The molecule has 2 aromatic carbocycles. The molecule has 96 heavy (non-hydrogen) atoms. The molecule has 1 unspecified atom stereocenters. The first-order valence-electron chi connectivity index (χ1n) is 33.0. The molecule has 3 fully saturated rings. The number of rotatable bonds is 33. The molecular formula is C70H100N4O22. The SMILES string of the molecule is CCC(C)(CC)C(=O)C(CCCCNC(=O)CCOCCOCCOC)NC(=O)CC[C@H](NC(C)=O)C(=O)O[C@@H](C(=O)O[C@H]1C[C@@]2(O)[C@@H](OC(=O)c3ccccc3)[C@@H]3[C@]4(OC(C)=O)CO[C@@H]4C[C@H](O)[C@@]3(C)C(=O)[C@H](O)C(=C1C)C2(C)C)[C@@H](NC(=O)OC(C)(C)C)c1ccccc1. The molecule has 1 saturated heterocycles. The highest BCUT2D eigenvalue weighted by Gasteiger charge is 2.78. The number of esters is 4. The van der Waals surface area contributed by atoms with Crippen LogP contribution in [0.25, 0.3) is 0 Å². The van der Waals surface area contributed by atoms with E-state index in [1.807, 2.05) is 13.8 Å². The summed E-state index contributed by atoms with van der Waals surface area (Å²) >= 11 is 0. The number of methoxy groups -OCH3 is 1. The van der Waals surface area contributed by atoms with Crippen molar-refractivity contribution in [2.75, 3.05) is 53.3 Å². The standard InChI is InChI=1S/C70H100N4O22/c1-14-67(11,15-2)58(81)46(28-22-23-32-71-51(78)31-33-89-36-37-90-35-34-88-13)73-52(79)30-29-47(72-42(4)75)62(84)93-56(54(44-24-18-16-19-25-44)74-64(86)96-65(6,7)8)63(85)92-48-39-70(87)60(94-61(83)45-26-20-17-21-27-45)57-68(12,59(82)55(80)53(41(48)3)66(70,9)10)49(77)38-50-69(57,40-91-50)95-43(5)76/h16-21,24-27,46-50,54-57,60,77,80,87H,14-15,22-23,28-40H2,1-13H3,(H,71,78)(H,72,75)(H,73,79)(H,74,86)/t46?,47-,48-,49-,50+,54-,55+,56+,57-,60-,68+,69-,70+/m0/s1. The lowest BCUT2D eigenvalue weighted by atomic mass is 9.44. The molecule has 3 aliphatic carbocycles. The topological polar surface area (TPSA) is 363 Å². The van der Waals surface area contributed by atoms with E-state index in [1.54, 1.807) is 71.2 Å². The molecule has 13 atom stereocenters. The van der Waals surface area contributed by atoms with E-state index < -0.39 is 161 Å². The van der Waals surface area contributed by atoms with E-state index in [0.29, 0.717) is 52.1 Å². The van der Waals surface area contributed by atoms with E-state index in [-0.39, 0.29) is 73.0 Å². The van der Waals surface area contributed by atoms with Crippen LogP contribution in [0.2, 0.25) is 0 Å². The Morgan fingerprint density at radius 1 is 0.750 bits per heavy atom. The van der Waals surface area contributed by atoms with Gasteiger partial charge in [0.1, 0.15) is 47.7 Å². The molecule has 1 heterocycles. The Hall–Kier alpha value is -7.20. The monoisotopic (exact) mass is 1350 g/mol. The Balaban J connectivity index is 1.34. The first-order chi connectivity index (χ1) is 45.2. The molecule has 0 aromatic heterocycles. The summed E-state index contributed by atoms with van der Waals surface area (Å²) in [6, 6.07) is 11.1. The molecule has 26 nitrogen and oxygen atoms in total. The number of unbranched alkanes of at least 4 members (excludes halogenated alkanes) is 1. The highest BCUT2D eigenvalue weighted by molar-refractivity contribution is 5.95.